The highest BCUT2D eigenvalue weighted by Crippen LogP contribution is 2.31. The van der Waals surface area contributed by atoms with Crippen molar-refractivity contribution in [1.29, 1.82) is 0 Å². The van der Waals surface area contributed by atoms with Crippen molar-refractivity contribution in [2.45, 2.75) is 19.4 Å². The smallest absolute Gasteiger partial charge is 0.302 e. The van der Waals surface area contributed by atoms with Crippen LogP contribution >= 0.6 is 0 Å². The number of pyridine rings is 1. The number of aryl methyl sites for hydroxylation is 1. The normalized spacial score (nSPS) is 20.9. The monoisotopic (exact) mass is 397 g/mol. The molecule has 1 fully saturated rings. The Hall–Kier alpha value is -2.48. The molecule has 0 aliphatic carbocycles. The maximum absolute atomic E-state index is 13.0. The lowest BCUT2D eigenvalue weighted by Crippen LogP contribution is -2.51. The van der Waals surface area contributed by atoms with Crippen LogP contribution in [0.1, 0.15) is 18.1 Å². The van der Waals surface area contributed by atoms with E-state index in [-0.39, 0.29) is 6.54 Å². The van der Waals surface area contributed by atoms with Gasteiger partial charge in [0, 0.05) is 18.5 Å². The molecule has 2 aromatic carbocycles. The van der Waals surface area contributed by atoms with Crippen LogP contribution in [0, 0.1) is 6.92 Å². The van der Waals surface area contributed by atoms with Gasteiger partial charge in [0.05, 0.1) is 12.1 Å². The van der Waals surface area contributed by atoms with Gasteiger partial charge in [0.15, 0.2) is 0 Å². The number of fused-ring (bicyclic) bond motifs is 1. The van der Waals surface area contributed by atoms with Gasteiger partial charge in [-0.2, -0.15) is 12.7 Å². The molecule has 0 spiro atoms. The SMILES string of the molecule is Cc1ccc(C2(C)CN(S(=O)(=O)Nc3ccc4ccccc4n3)CCO2)cc1. The Labute approximate surface area is 165 Å². The summed E-state index contributed by atoms with van der Waals surface area (Å²) in [7, 11) is -3.75. The van der Waals surface area contributed by atoms with Gasteiger partial charge in [0.2, 0.25) is 0 Å². The summed E-state index contributed by atoms with van der Waals surface area (Å²) >= 11 is 0. The molecule has 0 radical (unpaired) electrons. The van der Waals surface area contributed by atoms with Crippen LogP contribution in [0.25, 0.3) is 10.9 Å². The van der Waals surface area contributed by atoms with E-state index in [1.165, 1.54) is 4.31 Å². The van der Waals surface area contributed by atoms with Gasteiger partial charge < -0.3 is 4.74 Å². The summed E-state index contributed by atoms with van der Waals surface area (Å²) in [6.07, 6.45) is 0. The first-order valence-electron chi connectivity index (χ1n) is 9.21. The molecule has 1 atom stereocenters. The number of hydrogen-bond acceptors (Lipinski definition) is 4. The molecule has 4 rings (SSSR count). The van der Waals surface area contributed by atoms with E-state index in [0.717, 1.165) is 22.0 Å². The molecule has 1 N–H and O–H groups in total. The van der Waals surface area contributed by atoms with Gasteiger partial charge in [-0.15, -0.1) is 0 Å². The zero-order chi connectivity index (χ0) is 19.8. The zero-order valence-corrected chi connectivity index (χ0v) is 16.7. The molecular formula is C21H23N3O3S. The van der Waals surface area contributed by atoms with Crippen molar-refractivity contribution < 1.29 is 13.2 Å². The molecule has 1 aliphatic heterocycles. The molecule has 1 saturated heterocycles. The number of para-hydroxylation sites is 1. The highest BCUT2D eigenvalue weighted by molar-refractivity contribution is 7.90. The number of morpholine rings is 1. The molecule has 146 valence electrons. The Morgan fingerprint density at radius 3 is 2.61 bits per heavy atom. The first kappa shape index (κ1) is 18.9. The molecule has 7 heteroatoms. The van der Waals surface area contributed by atoms with Gasteiger partial charge >= 0.3 is 10.2 Å². The van der Waals surface area contributed by atoms with Crippen LogP contribution in [0.2, 0.25) is 0 Å². The molecule has 0 saturated carbocycles. The van der Waals surface area contributed by atoms with E-state index in [4.69, 9.17) is 4.74 Å². The number of benzene rings is 2. The van der Waals surface area contributed by atoms with E-state index in [2.05, 4.69) is 9.71 Å². The molecule has 0 amide bonds. The van der Waals surface area contributed by atoms with Crippen LogP contribution in [0.3, 0.4) is 0 Å². The number of nitrogens with one attached hydrogen (secondary N) is 1. The number of ether oxygens (including phenoxy) is 1. The van der Waals surface area contributed by atoms with E-state index in [1.54, 1.807) is 6.07 Å². The topological polar surface area (TPSA) is 71.5 Å². The van der Waals surface area contributed by atoms with E-state index in [9.17, 15) is 8.42 Å². The largest absolute Gasteiger partial charge is 0.368 e. The summed E-state index contributed by atoms with van der Waals surface area (Å²) in [5.41, 5.74) is 2.16. The fourth-order valence-corrected chi connectivity index (χ4v) is 4.68. The highest BCUT2D eigenvalue weighted by atomic mass is 32.2. The van der Waals surface area contributed by atoms with Crippen molar-refractivity contribution in [2.75, 3.05) is 24.4 Å². The Balaban J connectivity index is 1.56. The molecular weight excluding hydrogens is 374 g/mol. The Morgan fingerprint density at radius 2 is 1.82 bits per heavy atom. The van der Waals surface area contributed by atoms with E-state index in [0.29, 0.717) is 19.0 Å². The second-order valence-electron chi connectivity index (χ2n) is 7.28. The Bertz CT molecular complexity index is 1100. The van der Waals surface area contributed by atoms with Crippen LogP contribution in [-0.4, -0.2) is 37.4 Å². The van der Waals surface area contributed by atoms with Crippen LogP contribution in [0.15, 0.2) is 60.7 Å². The fraction of sp³-hybridized carbons (Fsp3) is 0.286. The molecule has 1 aromatic heterocycles. The predicted octanol–water partition coefficient (Wildman–Crippen LogP) is 3.45. The molecule has 1 aliphatic rings. The Morgan fingerprint density at radius 1 is 1.07 bits per heavy atom. The molecule has 6 nitrogen and oxygen atoms in total. The number of aromatic nitrogens is 1. The molecule has 28 heavy (non-hydrogen) atoms. The van der Waals surface area contributed by atoms with Crippen molar-refractivity contribution >= 4 is 26.9 Å². The number of anilines is 1. The van der Waals surface area contributed by atoms with Crippen molar-refractivity contribution in [3.63, 3.8) is 0 Å². The summed E-state index contributed by atoms with van der Waals surface area (Å²) in [6.45, 7) is 4.80. The standard InChI is InChI=1S/C21H23N3O3S/c1-16-7-10-18(11-8-16)21(2)15-24(13-14-27-21)28(25,26)23-20-12-9-17-5-3-4-6-19(17)22-20/h3-12H,13-15H2,1-2H3,(H,22,23). The molecule has 3 aromatic rings. The lowest BCUT2D eigenvalue weighted by Gasteiger charge is -2.40. The summed E-state index contributed by atoms with van der Waals surface area (Å²) in [5, 5.41) is 0.962. The minimum atomic E-state index is -3.75. The molecule has 2 heterocycles. The summed E-state index contributed by atoms with van der Waals surface area (Å²) < 4.78 is 36.0. The number of hydrogen-bond donors (Lipinski definition) is 1. The second-order valence-corrected chi connectivity index (χ2v) is 8.95. The molecule has 0 bridgehead atoms. The third kappa shape index (κ3) is 3.73. The van der Waals surface area contributed by atoms with E-state index < -0.39 is 15.8 Å². The first-order chi connectivity index (χ1) is 13.4. The van der Waals surface area contributed by atoms with Crippen molar-refractivity contribution in [2.24, 2.45) is 0 Å². The maximum atomic E-state index is 13.0. The second kappa shape index (κ2) is 7.16. The zero-order valence-electron chi connectivity index (χ0n) is 15.9. The lowest BCUT2D eigenvalue weighted by atomic mass is 9.94. The average molecular weight is 398 g/mol. The van der Waals surface area contributed by atoms with E-state index >= 15 is 0 Å². The predicted molar refractivity (Wildman–Crippen MR) is 110 cm³/mol. The summed E-state index contributed by atoms with van der Waals surface area (Å²) in [6, 6.07) is 19.1. The van der Waals surface area contributed by atoms with Gasteiger partial charge in [0.1, 0.15) is 11.4 Å². The maximum Gasteiger partial charge on any atom is 0.302 e. The van der Waals surface area contributed by atoms with Crippen LogP contribution in [0.5, 0.6) is 0 Å². The summed E-state index contributed by atoms with van der Waals surface area (Å²) in [4.78, 5) is 4.41. The van der Waals surface area contributed by atoms with Crippen molar-refractivity contribution in [1.82, 2.24) is 9.29 Å². The van der Waals surface area contributed by atoms with Gasteiger partial charge in [-0.1, -0.05) is 48.0 Å². The fourth-order valence-electron chi connectivity index (χ4n) is 3.44. The van der Waals surface area contributed by atoms with Crippen molar-refractivity contribution in [3.05, 3.63) is 71.8 Å². The average Bonchev–Trinajstić information content (AvgIpc) is 2.68. The van der Waals surface area contributed by atoms with E-state index in [1.807, 2.05) is 68.4 Å². The highest BCUT2D eigenvalue weighted by Gasteiger charge is 2.38. The number of nitrogens with zero attached hydrogens (tertiary/aromatic N) is 2. The van der Waals surface area contributed by atoms with Crippen LogP contribution < -0.4 is 4.72 Å². The van der Waals surface area contributed by atoms with Crippen molar-refractivity contribution in [3.8, 4) is 0 Å². The minimum Gasteiger partial charge on any atom is -0.368 e. The lowest BCUT2D eigenvalue weighted by molar-refractivity contribution is -0.0818. The summed E-state index contributed by atoms with van der Waals surface area (Å²) in [5.74, 6) is 0.308. The van der Waals surface area contributed by atoms with Crippen LogP contribution in [0.4, 0.5) is 5.82 Å². The Kier molecular flexibility index (Phi) is 4.82. The van der Waals surface area contributed by atoms with Gasteiger partial charge in [-0.25, -0.2) is 4.98 Å². The third-order valence-corrected chi connectivity index (χ3v) is 6.53. The first-order valence-corrected chi connectivity index (χ1v) is 10.6. The minimum absolute atomic E-state index is 0.235. The quantitative estimate of drug-likeness (QED) is 0.732. The van der Waals surface area contributed by atoms with Gasteiger partial charge in [-0.3, -0.25) is 4.72 Å². The van der Waals surface area contributed by atoms with Gasteiger partial charge in [0.25, 0.3) is 0 Å². The third-order valence-electron chi connectivity index (χ3n) is 5.07. The van der Waals surface area contributed by atoms with Crippen LogP contribution in [-0.2, 0) is 20.5 Å². The molecule has 1 unspecified atom stereocenters. The number of rotatable bonds is 4. The van der Waals surface area contributed by atoms with Gasteiger partial charge in [-0.05, 0) is 37.6 Å².